The summed E-state index contributed by atoms with van der Waals surface area (Å²) in [5.41, 5.74) is 0.920. The normalized spacial score (nSPS) is 15.5. The minimum absolute atomic E-state index is 0.0439. The zero-order valence-corrected chi connectivity index (χ0v) is 18.3. The van der Waals surface area contributed by atoms with E-state index in [9.17, 15) is 9.59 Å². The number of carbonyl (C=O) groups is 2. The number of aromatic nitrogens is 1. The molecule has 158 valence electrons. The summed E-state index contributed by atoms with van der Waals surface area (Å²) in [6.45, 7) is 10.1. The van der Waals surface area contributed by atoms with E-state index in [1.807, 2.05) is 45.0 Å². The van der Waals surface area contributed by atoms with Crippen LogP contribution in [0.25, 0.3) is 10.2 Å². The molecule has 1 aromatic carbocycles. The number of likely N-dealkylation sites (N-methyl/N-ethyl adjacent to an activating group) is 1. The van der Waals surface area contributed by atoms with Crippen molar-refractivity contribution in [2.24, 2.45) is 5.92 Å². The Kier molecular flexibility index (Phi) is 7.44. The van der Waals surface area contributed by atoms with Gasteiger partial charge in [-0.1, -0.05) is 37.3 Å². The van der Waals surface area contributed by atoms with E-state index in [1.54, 1.807) is 21.1 Å². The van der Waals surface area contributed by atoms with Gasteiger partial charge in [0.25, 0.3) is 0 Å². The lowest BCUT2D eigenvalue weighted by Gasteiger charge is -2.24. The summed E-state index contributed by atoms with van der Waals surface area (Å²) in [4.78, 5) is 35.4. The van der Waals surface area contributed by atoms with Gasteiger partial charge in [0.1, 0.15) is 0 Å². The fraction of sp³-hybridized carbons (Fsp3) is 0.571. The summed E-state index contributed by atoms with van der Waals surface area (Å²) in [5.74, 6) is 0.366. The first kappa shape index (κ1) is 21.5. The van der Waals surface area contributed by atoms with Crippen LogP contribution in [0.1, 0.15) is 27.2 Å². The molecule has 1 saturated heterocycles. The van der Waals surface area contributed by atoms with Crippen LogP contribution < -0.4 is 4.90 Å². The van der Waals surface area contributed by atoms with Crippen LogP contribution >= 0.6 is 11.3 Å². The predicted molar refractivity (Wildman–Crippen MR) is 116 cm³/mol. The zero-order valence-electron chi connectivity index (χ0n) is 17.5. The minimum atomic E-state index is -0.253. The fourth-order valence-electron chi connectivity index (χ4n) is 3.31. The number of amides is 2. The maximum absolute atomic E-state index is 13.0. The number of rotatable bonds is 6. The Balaban J connectivity index is 1.57. The summed E-state index contributed by atoms with van der Waals surface area (Å²) in [6.07, 6.45) is 0.577. The largest absolute Gasteiger partial charge is 0.449 e. The molecule has 0 N–H and O–H groups in total. The number of fused-ring (bicyclic) bond motifs is 1. The molecule has 29 heavy (non-hydrogen) atoms. The Labute approximate surface area is 176 Å². The van der Waals surface area contributed by atoms with Crippen LogP contribution in [0, 0.1) is 5.92 Å². The molecule has 1 aliphatic rings. The zero-order chi connectivity index (χ0) is 20.8. The van der Waals surface area contributed by atoms with Crippen molar-refractivity contribution in [3.63, 3.8) is 0 Å². The lowest BCUT2D eigenvalue weighted by molar-refractivity contribution is -0.119. The van der Waals surface area contributed by atoms with Gasteiger partial charge in [-0.3, -0.25) is 14.6 Å². The third kappa shape index (κ3) is 5.67. The molecule has 0 bridgehead atoms. The maximum Gasteiger partial charge on any atom is 0.409 e. The van der Waals surface area contributed by atoms with Gasteiger partial charge in [-0.05, 0) is 31.4 Å². The molecule has 7 nitrogen and oxygen atoms in total. The Morgan fingerprint density at radius 2 is 2.00 bits per heavy atom. The smallest absolute Gasteiger partial charge is 0.409 e. The van der Waals surface area contributed by atoms with Crippen molar-refractivity contribution < 1.29 is 14.3 Å². The highest BCUT2D eigenvalue weighted by atomic mass is 32.1. The van der Waals surface area contributed by atoms with E-state index in [4.69, 9.17) is 4.74 Å². The standard InChI is InChI=1S/C21H30N4O3S/c1-4-25(20-22-17-8-5-6-9-18(17)29-20)19(26)14-23-10-7-11-24(13-12-23)21(27)28-15-16(2)3/h5-6,8-9,16H,4,7,10-15H2,1-3H3. The van der Waals surface area contributed by atoms with Crippen molar-refractivity contribution in [1.82, 2.24) is 14.8 Å². The maximum atomic E-state index is 13.0. The summed E-state index contributed by atoms with van der Waals surface area (Å²) < 4.78 is 6.43. The molecule has 2 heterocycles. The Bertz CT molecular complexity index is 805. The molecule has 8 heteroatoms. The van der Waals surface area contributed by atoms with Crippen LogP contribution in [0.5, 0.6) is 0 Å². The van der Waals surface area contributed by atoms with E-state index in [0.717, 1.165) is 28.3 Å². The van der Waals surface area contributed by atoms with E-state index >= 15 is 0 Å². The average Bonchev–Trinajstić information content (AvgIpc) is 2.98. The van der Waals surface area contributed by atoms with Gasteiger partial charge in [0.15, 0.2) is 5.13 Å². The Hall–Kier alpha value is -2.19. The highest BCUT2D eigenvalue weighted by molar-refractivity contribution is 7.22. The van der Waals surface area contributed by atoms with Gasteiger partial charge >= 0.3 is 6.09 Å². The molecule has 2 amide bonds. The third-order valence-electron chi connectivity index (χ3n) is 4.88. The third-order valence-corrected chi connectivity index (χ3v) is 5.94. The molecule has 0 spiro atoms. The summed E-state index contributed by atoms with van der Waals surface area (Å²) >= 11 is 1.54. The monoisotopic (exact) mass is 418 g/mol. The average molecular weight is 419 g/mol. The van der Waals surface area contributed by atoms with Crippen molar-refractivity contribution in [1.29, 1.82) is 0 Å². The molecule has 3 rings (SSSR count). The van der Waals surface area contributed by atoms with E-state index in [-0.39, 0.29) is 12.0 Å². The first-order chi connectivity index (χ1) is 14.0. The number of nitrogens with zero attached hydrogens (tertiary/aromatic N) is 4. The van der Waals surface area contributed by atoms with Gasteiger partial charge in [0, 0.05) is 32.7 Å². The lowest BCUT2D eigenvalue weighted by atomic mass is 10.2. The van der Waals surface area contributed by atoms with E-state index in [1.165, 1.54) is 0 Å². The van der Waals surface area contributed by atoms with Gasteiger partial charge in [-0.2, -0.15) is 0 Å². The summed E-state index contributed by atoms with van der Waals surface area (Å²) in [5, 5.41) is 0.743. The number of thiazole rings is 1. The lowest BCUT2D eigenvalue weighted by Crippen LogP contribution is -2.42. The first-order valence-corrected chi connectivity index (χ1v) is 11.1. The Morgan fingerprint density at radius 3 is 2.72 bits per heavy atom. The number of anilines is 1. The highest BCUT2D eigenvalue weighted by Gasteiger charge is 2.24. The van der Waals surface area contributed by atoms with Gasteiger partial charge < -0.3 is 9.64 Å². The second-order valence-electron chi connectivity index (χ2n) is 7.69. The van der Waals surface area contributed by atoms with Crippen molar-refractivity contribution in [3.8, 4) is 0 Å². The SMILES string of the molecule is CCN(C(=O)CN1CCCN(C(=O)OCC(C)C)CC1)c1nc2ccccc2s1. The molecule has 0 unspecified atom stereocenters. The predicted octanol–water partition coefficient (Wildman–Crippen LogP) is 3.45. The molecule has 0 atom stereocenters. The fourth-order valence-corrected chi connectivity index (χ4v) is 4.36. The van der Waals surface area contributed by atoms with Crippen LogP contribution in [0.4, 0.5) is 9.93 Å². The second kappa shape index (κ2) is 10.0. The number of hydrogen-bond acceptors (Lipinski definition) is 6. The number of ether oxygens (including phenoxy) is 1. The molecular weight excluding hydrogens is 388 g/mol. The van der Waals surface area contributed by atoms with Crippen molar-refractivity contribution in [3.05, 3.63) is 24.3 Å². The van der Waals surface area contributed by atoms with Gasteiger partial charge in [0.2, 0.25) is 5.91 Å². The van der Waals surface area contributed by atoms with Crippen molar-refractivity contribution in [2.75, 3.05) is 50.8 Å². The van der Waals surface area contributed by atoms with E-state index < -0.39 is 0 Å². The van der Waals surface area contributed by atoms with Crippen LogP contribution in [-0.4, -0.2) is 72.7 Å². The van der Waals surface area contributed by atoms with Crippen LogP contribution in [0.3, 0.4) is 0 Å². The summed E-state index contributed by atoms with van der Waals surface area (Å²) in [7, 11) is 0. The number of hydrogen-bond donors (Lipinski definition) is 0. The molecule has 0 aliphatic carbocycles. The topological polar surface area (TPSA) is 66.0 Å². The van der Waals surface area contributed by atoms with Gasteiger partial charge in [-0.15, -0.1) is 0 Å². The number of para-hydroxylation sites is 1. The van der Waals surface area contributed by atoms with Gasteiger partial charge in [-0.25, -0.2) is 9.78 Å². The van der Waals surface area contributed by atoms with E-state index in [2.05, 4.69) is 9.88 Å². The number of benzene rings is 1. The van der Waals surface area contributed by atoms with Crippen LogP contribution in [0.2, 0.25) is 0 Å². The van der Waals surface area contributed by atoms with Crippen molar-refractivity contribution >= 4 is 38.7 Å². The summed E-state index contributed by atoms with van der Waals surface area (Å²) in [6, 6.07) is 7.93. The van der Waals surface area contributed by atoms with E-state index in [0.29, 0.717) is 45.2 Å². The van der Waals surface area contributed by atoms with Crippen LogP contribution in [0.15, 0.2) is 24.3 Å². The quantitative estimate of drug-likeness (QED) is 0.719. The van der Waals surface area contributed by atoms with Crippen LogP contribution in [-0.2, 0) is 9.53 Å². The highest BCUT2D eigenvalue weighted by Crippen LogP contribution is 2.28. The van der Waals surface area contributed by atoms with Gasteiger partial charge in [0.05, 0.1) is 23.4 Å². The number of carbonyl (C=O) groups excluding carboxylic acids is 2. The molecule has 1 fully saturated rings. The molecule has 1 aromatic heterocycles. The van der Waals surface area contributed by atoms with Crippen molar-refractivity contribution in [2.45, 2.75) is 27.2 Å². The molecule has 0 radical (unpaired) electrons. The second-order valence-corrected chi connectivity index (χ2v) is 8.70. The first-order valence-electron chi connectivity index (χ1n) is 10.3. The minimum Gasteiger partial charge on any atom is -0.449 e. The molecule has 1 aliphatic heterocycles. The molecule has 2 aromatic rings. The Morgan fingerprint density at radius 1 is 1.21 bits per heavy atom. The molecule has 0 saturated carbocycles. The molecular formula is C21H30N4O3S.